The maximum absolute atomic E-state index is 4.59. The van der Waals surface area contributed by atoms with Crippen molar-refractivity contribution in [3.8, 4) is 22.3 Å². The van der Waals surface area contributed by atoms with E-state index in [1.807, 2.05) is 12.4 Å². The number of benzene rings is 8. The summed E-state index contributed by atoms with van der Waals surface area (Å²) in [4.78, 5) is 7.02. The van der Waals surface area contributed by atoms with Crippen LogP contribution in [0.3, 0.4) is 0 Å². The third kappa shape index (κ3) is 6.50. The van der Waals surface area contributed by atoms with Gasteiger partial charge in [-0.25, -0.2) is 0 Å². The van der Waals surface area contributed by atoms with Crippen LogP contribution in [0.5, 0.6) is 0 Å². The Hall–Kier alpha value is -7.09. The van der Waals surface area contributed by atoms with E-state index in [0.717, 1.165) is 22.4 Å². The third-order valence-corrected chi connectivity index (χ3v) is 11.9. The molecule has 59 heavy (non-hydrogen) atoms. The summed E-state index contributed by atoms with van der Waals surface area (Å²) in [6.07, 6.45) is 3.64. The number of fused-ring (bicyclic) bond motifs is 6. The van der Waals surface area contributed by atoms with E-state index >= 15 is 0 Å². The normalized spacial score (nSPS) is 18.7. The average molecular weight is 763 g/mol. The van der Waals surface area contributed by atoms with Crippen LogP contribution in [0.4, 0.5) is 17.1 Å². The van der Waals surface area contributed by atoms with Gasteiger partial charge in [-0.15, -0.1) is 0 Å². The van der Waals surface area contributed by atoms with Crippen LogP contribution in [0, 0.1) is 0 Å². The van der Waals surface area contributed by atoms with Gasteiger partial charge in [-0.05, 0) is 73.5 Å². The SMILES string of the molecule is c1ccc(-c2ccc(C3NC(c4ccccc4)NC(c4ccc(-c5ccc(C6Nc7c(c8cnccc8c8ccccc78)N6c6ccccc6)cc5)cc4)N3)cc2)cc1. The molecule has 284 valence electrons. The number of hydrogen-bond acceptors (Lipinski definition) is 6. The van der Waals surface area contributed by atoms with Crippen LogP contribution in [0.15, 0.2) is 207 Å². The lowest BCUT2D eigenvalue weighted by Gasteiger charge is -2.39. The predicted octanol–water partition coefficient (Wildman–Crippen LogP) is 12.2. The number of aromatic nitrogens is 1. The maximum atomic E-state index is 4.59. The number of para-hydroxylation sites is 1. The van der Waals surface area contributed by atoms with Crippen molar-refractivity contribution in [2.24, 2.45) is 0 Å². The zero-order chi connectivity index (χ0) is 39.1. The summed E-state index contributed by atoms with van der Waals surface area (Å²) in [7, 11) is 0. The molecule has 6 nitrogen and oxygen atoms in total. The fraction of sp³-hybridized carbons (Fsp3) is 0.0755. The van der Waals surface area contributed by atoms with Crippen LogP contribution in [-0.4, -0.2) is 4.98 Å². The van der Waals surface area contributed by atoms with E-state index in [2.05, 4.69) is 225 Å². The van der Waals surface area contributed by atoms with E-state index in [9.17, 15) is 0 Å². The number of hydrogen-bond donors (Lipinski definition) is 4. The molecule has 4 atom stereocenters. The molecule has 0 aliphatic carbocycles. The molecule has 1 fully saturated rings. The predicted molar refractivity (Wildman–Crippen MR) is 242 cm³/mol. The van der Waals surface area contributed by atoms with Gasteiger partial charge in [0.1, 0.15) is 6.17 Å². The average Bonchev–Trinajstić information content (AvgIpc) is 3.74. The van der Waals surface area contributed by atoms with Gasteiger partial charge in [0.15, 0.2) is 0 Å². The lowest BCUT2D eigenvalue weighted by Crippen LogP contribution is -2.54. The maximum Gasteiger partial charge on any atom is 0.130 e. The zero-order valence-corrected chi connectivity index (χ0v) is 32.3. The Morgan fingerprint density at radius 1 is 0.373 bits per heavy atom. The minimum Gasteiger partial charge on any atom is -0.359 e. The summed E-state index contributed by atoms with van der Waals surface area (Å²) < 4.78 is 0. The summed E-state index contributed by atoms with van der Waals surface area (Å²) in [5.74, 6) is 0. The minimum atomic E-state index is -0.102. The van der Waals surface area contributed by atoms with Crippen LogP contribution >= 0.6 is 0 Å². The van der Waals surface area contributed by atoms with Gasteiger partial charge in [0.05, 0.1) is 29.9 Å². The molecule has 1 saturated heterocycles. The summed E-state index contributed by atoms with van der Waals surface area (Å²) >= 11 is 0. The lowest BCUT2D eigenvalue weighted by molar-refractivity contribution is 0.203. The number of pyridine rings is 1. The lowest BCUT2D eigenvalue weighted by atomic mass is 9.99. The first kappa shape index (κ1) is 35.1. The molecule has 11 rings (SSSR count). The van der Waals surface area contributed by atoms with E-state index in [1.54, 1.807) is 0 Å². The van der Waals surface area contributed by atoms with Crippen molar-refractivity contribution in [1.82, 2.24) is 20.9 Å². The molecule has 0 spiro atoms. The van der Waals surface area contributed by atoms with Gasteiger partial charge in [0.25, 0.3) is 0 Å². The minimum absolute atomic E-state index is 0.0356. The molecule has 2 aliphatic heterocycles. The molecule has 4 unspecified atom stereocenters. The fourth-order valence-electron chi connectivity index (χ4n) is 8.93. The molecule has 2 aliphatic rings. The van der Waals surface area contributed by atoms with Crippen molar-refractivity contribution in [3.63, 3.8) is 0 Å². The van der Waals surface area contributed by atoms with Gasteiger partial charge in [-0.2, -0.15) is 0 Å². The second-order valence-electron chi connectivity index (χ2n) is 15.4. The second kappa shape index (κ2) is 15.0. The first-order chi connectivity index (χ1) is 29.2. The van der Waals surface area contributed by atoms with Crippen LogP contribution in [-0.2, 0) is 0 Å². The number of nitrogens with zero attached hydrogens (tertiary/aromatic N) is 2. The second-order valence-corrected chi connectivity index (χ2v) is 15.4. The van der Waals surface area contributed by atoms with E-state index < -0.39 is 0 Å². The van der Waals surface area contributed by atoms with Gasteiger partial charge in [0, 0.05) is 28.9 Å². The molecular formula is C53H42N6. The van der Waals surface area contributed by atoms with Gasteiger partial charge in [0.2, 0.25) is 0 Å². The highest BCUT2D eigenvalue weighted by atomic mass is 15.4. The number of anilines is 3. The largest absolute Gasteiger partial charge is 0.359 e. The van der Waals surface area contributed by atoms with Crippen molar-refractivity contribution in [2.75, 3.05) is 10.2 Å². The Balaban J connectivity index is 0.880. The van der Waals surface area contributed by atoms with Crippen molar-refractivity contribution in [2.45, 2.75) is 24.7 Å². The monoisotopic (exact) mass is 762 g/mol. The van der Waals surface area contributed by atoms with Crippen LogP contribution in [0.2, 0.25) is 0 Å². The third-order valence-electron chi connectivity index (χ3n) is 11.9. The van der Waals surface area contributed by atoms with Crippen LogP contribution in [0.25, 0.3) is 43.8 Å². The van der Waals surface area contributed by atoms with Gasteiger partial charge in [-0.3, -0.25) is 20.9 Å². The quantitative estimate of drug-likeness (QED) is 0.121. The Kier molecular flexibility index (Phi) is 8.93. The Bertz CT molecular complexity index is 2880. The van der Waals surface area contributed by atoms with E-state index in [0.29, 0.717) is 0 Å². The standard InChI is InChI=1S/C53H42N6/c1-4-12-35(13-5-1)36-20-26-40(27-21-36)51-56-50(39-14-6-2-7-15-39)57-52(58-51)41-28-22-37(23-29-41)38-24-30-42(31-25-38)53-55-48-46-19-11-10-18-44(46)45-32-33-54-34-47(45)49(48)59(53)43-16-8-3-9-17-43/h1-34,50-53,55-58H. The van der Waals surface area contributed by atoms with Gasteiger partial charge >= 0.3 is 0 Å². The molecule has 0 bridgehead atoms. The smallest absolute Gasteiger partial charge is 0.130 e. The summed E-state index contributed by atoms with van der Waals surface area (Å²) in [6, 6.07) is 69.5. The Morgan fingerprint density at radius 3 is 1.39 bits per heavy atom. The summed E-state index contributed by atoms with van der Waals surface area (Å²) in [6.45, 7) is 0. The molecular weight excluding hydrogens is 721 g/mol. The van der Waals surface area contributed by atoms with E-state index in [-0.39, 0.29) is 24.7 Å². The molecule has 8 aromatic carbocycles. The van der Waals surface area contributed by atoms with Crippen molar-refractivity contribution < 1.29 is 0 Å². The van der Waals surface area contributed by atoms with Crippen molar-refractivity contribution in [1.29, 1.82) is 0 Å². The number of nitrogens with one attached hydrogen (secondary N) is 4. The van der Waals surface area contributed by atoms with Crippen molar-refractivity contribution in [3.05, 3.63) is 229 Å². The molecule has 1 aromatic heterocycles. The molecule has 0 radical (unpaired) electrons. The number of rotatable bonds is 7. The highest BCUT2D eigenvalue weighted by molar-refractivity contribution is 6.22. The van der Waals surface area contributed by atoms with Gasteiger partial charge in [-0.1, -0.05) is 176 Å². The molecule has 9 aromatic rings. The van der Waals surface area contributed by atoms with Crippen molar-refractivity contribution >= 4 is 38.6 Å². The molecule has 0 amide bonds. The van der Waals surface area contributed by atoms with Crippen LogP contribution in [0.1, 0.15) is 46.9 Å². The van der Waals surface area contributed by atoms with E-state index in [4.69, 9.17) is 0 Å². The summed E-state index contributed by atoms with van der Waals surface area (Å²) in [5.41, 5.74) is 13.0. The highest BCUT2D eigenvalue weighted by Gasteiger charge is 2.35. The fourth-order valence-corrected chi connectivity index (χ4v) is 8.93. The highest BCUT2D eigenvalue weighted by Crippen LogP contribution is 2.53. The van der Waals surface area contributed by atoms with E-state index in [1.165, 1.54) is 60.7 Å². The molecule has 3 heterocycles. The molecule has 6 heteroatoms. The first-order valence-electron chi connectivity index (χ1n) is 20.3. The van der Waals surface area contributed by atoms with Gasteiger partial charge < -0.3 is 10.2 Å². The van der Waals surface area contributed by atoms with Crippen LogP contribution < -0.4 is 26.2 Å². The Morgan fingerprint density at radius 2 is 0.814 bits per heavy atom. The molecule has 4 N–H and O–H groups in total. The topological polar surface area (TPSA) is 64.2 Å². The first-order valence-corrected chi connectivity index (χ1v) is 20.3. The summed E-state index contributed by atoms with van der Waals surface area (Å²) in [5, 5.41) is 20.2. The Labute approximate surface area is 344 Å². The zero-order valence-electron chi connectivity index (χ0n) is 32.3. The molecule has 0 saturated carbocycles.